The van der Waals surface area contributed by atoms with Gasteiger partial charge in [0.1, 0.15) is 16.2 Å². The summed E-state index contributed by atoms with van der Waals surface area (Å²) in [4.78, 5) is 16.0. The van der Waals surface area contributed by atoms with Gasteiger partial charge in [0, 0.05) is 15.8 Å². The van der Waals surface area contributed by atoms with Crippen LogP contribution < -0.4 is 0 Å². The van der Waals surface area contributed by atoms with Gasteiger partial charge in [0.15, 0.2) is 5.82 Å². The van der Waals surface area contributed by atoms with Crippen molar-refractivity contribution >= 4 is 33.3 Å². The minimum absolute atomic E-state index is 0.556. The molecule has 0 bridgehead atoms. The summed E-state index contributed by atoms with van der Waals surface area (Å²) in [7, 11) is 0. The molecule has 0 atom stereocenters. The van der Waals surface area contributed by atoms with Gasteiger partial charge in [-0.05, 0) is 37.0 Å². The molecule has 0 saturated heterocycles. The number of aromatic nitrogens is 4. The first kappa shape index (κ1) is 15.0. The second-order valence-corrected chi connectivity index (χ2v) is 7.93. The number of nitrogens with zero attached hydrogens (tertiary/aromatic N) is 4. The molecule has 0 spiro atoms. The van der Waals surface area contributed by atoms with Gasteiger partial charge in [-0.25, -0.2) is 9.97 Å². The number of fused-ring (bicyclic) bond motifs is 3. The Kier molecular flexibility index (Phi) is 3.75. The topological polar surface area (TPSA) is 64.7 Å². The molecule has 5 rings (SSSR count). The highest BCUT2D eigenvalue weighted by atomic mass is 32.2. The van der Waals surface area contributed by atoms with Gasteiger partial charge in [0.2, 0.25) is 0 Å². The molecule has 0 amide bonds. The predicted molar refractivity (Wildman–Crippen MR) is 98.7 cm³/mol. The van der Waals surface area contributed by atoms with Crippen molar-refractivity contribution in [3.8, 4) is 11.5 Å². The number of thiophene rings is 1. The highest BCUT2D eigenvalue weighted by Crippen LogP contribution is 2.40. The number of hydrogen-bond acceptors (Lipinski definition) is 7. The quantitative estimate of drug-likeness (QED) is 0.391. The van der Waals surface area contributed by atoms with Crippen LogP contribution in [-0.2, 0) is 18.6 Å². The van der Waals surface area contributed by atoms with E-state index in [0.29, 0.717) is 17.5 Å². The van der Waals surface area contributed by atoms with Crippen molar-refractivity contribution in [2.24, 2.45) is 0 Å². The highest BCUT2D eigenvalue weighted by Gasteiger charge is 2.21. The van der Waals surface area contributed by atoms with E-state index in [1.807, 2.05) is 41.7 Å². The average Bonchev–Trinajstić information content (AvgIpc) is 3.36. The summed E-state index contributed by atoms with van der Waals surface area (Å²) in [5.41, 5.74) is 2.38. The summed E-state index contributed by atoms with van der Waals surface area (Å²) in [5, 5.41) is 6.36. The Balaban J connectivity index is 1.40. The summed E-state index contributed by atoms with van der Waals surface area (Å²) in [6.45, 7) is 0. The lowest BCUT2D eigenvalue weighted by molar-refractivity contribution is 0.425. The third kappa shape index (κ3) is 2.73. The first-order chi connectivity index (χ1) is 12.4. The molecule has 1 aliphatic rings. The van der Waals surface area contributed by atoms with Crippen molar-refractivity contribution in [3.05, 3.63) is 52.9 Å². The van der Waals surface area contributed by atoms with E-state index in [-0.39, 0.29) is 0 Å². The Morgan fingerprint density at radius 2 is 2.04 bits per heavy atom. The zero-order valence-electron chi connectivity index (χ0n) is 13.3. The molecule has 25 heavy (non-hydrogen) atoms. The zero-order chi connectivity index (χ0) is 16.6. The van der Waals surface area contributed by atoms with E-state index in [4.69, 9.17) is 4.52 Å². The number of hydrogen-bond donors (Lipinski definition) is 0. The predicted octanol–water partition coefficient (Wildman–Crippen LogP) is 4.52. The van der Waals surface area contributed by atoms with Gasteiger partial charge >= 0.3 is 0 Å². The zero-order valence-corrected chi connectivity index (χ0v) is 14.9. The molecule has 0 aliphatic heterocycles. The Bertz CT molecular complexity index is 1040. The summed E-state index contributed by atoms with van der Waals surface area (Å²) >= 11 is 3.46. The number of thioether (sulfide) groups is 1. The van der Waals surface area contributed by atoms with Crippen LogP contribution in [0.15, 0.2) is 46.2 Å². The van der Waals surface area contributed by atoms with Crippen LogP contribution >= 0.6 is 23.1 Å². The van der Waals surface area contributed by atoms with E-state index in [9.17, 15) is 0 Å². The summed E-state index contributed by atoms with van der Waals surface area (Å²) in [5.74, 6) is 1.87. The van der Waals surface area contributed by atoms with Crippen LogP contribution in [0.5, 0.6) is 0 Å². The average molecular weight is 366 g/mol. The van der Waals surface area contributed by atoms with Crippen LogP contribution in [0.4, 0.5) is 0 Å². The number of rotatable bonds is 4. The summed E-state index contributed by atoms with van der Waals surface area (Å²) < 4.78 is 5.38. The molecule has 3 aromatic heterocycles. The first-order valence-corrected chi connectivity index (χ1v) is 9.95. The molecule has 0 saturated carbocycles. The third-order valence-corrected chi connectivity index (χ3v) is 6.48. The molecule has 0 N–H and O–H groups in total. The monoisotopic (exact) mass is 366 g/mol. The van der Waals surface area contributed by atoms with Crippen molar-refractivity contribution in [3.63, 3.8) is 0 Å². The van der Waals surface area contributed by atoms with Gasteiger partial charge in [-0.15, -0.1) is 11.3 Å². The van der Waals surface area contributed by atoms with E-state index >= 15 is 0 Å². The lowest BCUT2D eigenvalue weighted by Crippen LogP contribution is -1.89. The fourth-order valence-electron chi connectivity index (χ4n) is 3.15. The van der Waals surface area contributed by atoms with E-state index in [0.717, 1.165) is 21.8 Å². The van der Waals surface area contributed by atoms with Gasteiger partial charge in [-0.1, -0.05) is 35.1 Å². The van der Waals surface area contributed by atoms with Crippen molar-refractivity contribution in [1.82, 2.24) is 20.1 Å². The van der Waals surface area contributed by atoms with Crippen molar-refractivity contribution in [1.29, 1.82) is 0 Å². The molecule has 0 fully saturated rings. The van der Waals surface area contributed by atoms with E-state index in [2.05, 4.69) is 20.1 Å². The largest absolute Gasteiger partial charge is 0.334 e. The Labute approximate surface area is 152 Å². The number of aryl methyl sites for hydroxylation is 2. The molecule has 7 heteroatoms. The molecule has 3 heterocycles. The van der Waals surface area contributed by atoms with Crippen LogP contribution in [0.3, 0.4) is 0 Å². The highest BCUT2D eigenvalue weighted by molar-refractivity contribution is 7.98. The van der Waals surface area contributed by atoms with Crippen LogP contribution in [0, 0.1) is 0 Å². The molecule has 1 aromatic carbocycles. The summed E-state index contributed by atoms with van der Waals surface area (Å²) in [6, 6.07) is 9.82. The molecule has 0 radical (unpaired) electrons. The molecular weight excluding hydrogens is 352 g/mol. The van der Waals surface area contributed by atoms with E-state index < -0.39 is 0 Å². The Morgan fingerprint density at radius 3 is 2.96 bits per heavy atom. The number of benzene rings is 1. The molecule has 0 unspecified atom stereocenters. The second-order valence-electron chi connectivity index (χ2n) is 5.89. The molecule has 124 valence electrons. The van der Waals surface area contributed by atoms with E-state index in [1.54, 1.807) is 18.1 Å². The maximum atomic E-state index is 5.38. The third-order valence-electron chi connectivity index (χ3n) is 4.29. The van der Waals surface area contributed by atoms with Crippen molar-refractivity contribution in [2.45, 2.75) is 30.0 Å². The minimum atomic E-state index is 0.556. The molecule has 1 aliphatic carbocycles. The van der Waals surface area contributed by atoms with Crippen LogP contribution in [0.1, 0.15) is 22.7 Å². The maximum absolute atomic E-state index is 5.38. The normalized spacial score (nSPS) is 13.4. The second kappa shape index (κ2) is 6.24. The van der Waals surface area contributed by atoms with Crippen LogP contribution in [0.2, 0.25) is 0 Å². The standard InChI is InChI=1S/C18H14N4OS2/c1-2-5-11(6-3-1)16-21-14(22-23-16)9-24-17-15-12-7-4-8-13(12)25-18(15)20-10-19-17/h1-3,5-6,10H,4,7-9H2. The lowest BCUT2D eigenvalue weighted by atomic mass is 10.2. The van der Waals surface area contributed by atoms with Crippen LogP contribution in [-0.4, -0.2) is 20.1 Å². The smallest absolute Gasteiger partial charge is 0.257 e. The molecule has 4 aromatic rings. The minimum Gasteiger partial charge on any atom is -0.334 e. The Hall–Kier alpha value is -2.25. The van der Waals surface area contributed by atoms with E-state index in [1.165, 1.54) is 28.7 Å². The van der Waals surface area contributed by atoms with Crippen molar-refractivity contribution in [2.75, 3.05) is 0 Å². The molecular formula is C18H14N4OS2. The van der Waals surface area contributed by atoms with Crippen molar-refractivity contribution < 1.29 is 4.52 Å². The maximum Gasteiger partial charge on any atom is 0.257 e. The Morgan fingerprint density at radius 1 is 1.12 bits per heavy atom. The van der Waals surface area contributed by atoms with Gasteiger partial charge in [-0.3, -0.25) is 0 Å². The summed E-state index contributed by atoms with van der Waals surface area (Å²) in [6.07, 6.45) is 5.20. The van der Waals surface area contributed by atoms with Crippen LogP contribution in [0.25, 0.3) is 21.7 Å². The van der Waals surface area contributed by atoms with Gasteiger partial charge < -0.3 is 4.52 Å². The SMILES string of the molecule is c1ccc(-c2nc(CSc3ncnc4sc5c(c34)CCC5)no2)cc1. The fourth-order valence-corrected chi connectivity index (χ4v) is 5.32. The fraction of sp³-hybridized carbons (Fsp3) is 0.222. The first-order valence-electron chi connectivity index (χ1n) is 8.14. The van der Waals surface area contributed by atoms with Gasteiger partial charge in [0.25, 0.3) is 5.89 Å². The lowest BCUT2D eigenvalue weighted by Gasteiger charge is -2.01. The van der Waals surface area contributed by atoms with Gasteiger partial charge in [-0.2, -0.15) is 4.98 Å². The van der Waals surface area contributed by atoms with Gasteiger partial charge in [0.05, 0.1) is 5.75 Å². The molecule has 5 nitrogen and oxygen atoms in total.